The Morgan fingerprint density at radius 2 is 1.35 bits per heavy atom. The van der Waals surface area contributed by atoms with Crippen molar-refractivity contribution >= 4 is 0 Å². The molecular weight excluding hydrogens is 417 g/mol. The lowest BCUT2D eigenvalue weighted by molar-refractivity contribution is -0.318. The van der Waals surface area contributed by atoms with Gasteiger partial charge in [-0.05, 0) is 6.42 Å². The summed E-state index contributed by atoms with van der Waals surface area (Å²) in [6.45, 7) is 1.08. The van der Waals surface area contributed by atoms with Crippen molar-refractivity contribution in [2.24, 2.45) is 5.73 Å². The summed E-state index contributed by atoms with van der Waals surface area (Å²) < 4.78 is 34.8. The van der Waals surface area contributed by atoms with E-state index in [0.29, 0.717) is 6.61 Å². The van der Waals surface area contributed by atoms with Crippen LogP contribution in [0.25, 0.3) is 0 Å². The maximum atomic E-state index is 13.0. The van der Waals surface area contributed by atoms with Crippen molar-refractivity contribution in [1.82, 2.24) is 0 Å². The molecule has 0 aromatic heterocycles. The Balaban J connectivity index is 1.83. The Labute approximate surface area is 182 Å². The normalized spacial score (nSPS) is 41.4. The van der Waals surface area contributed by atoms with Gasteiger partial charge in [0.2, 0.25) is 0 Å². The number of unbranched alkanes of at least 4 members (excludes halogenated alkanes) is 5. The monoisotopic (exact) mass is 455 g/mol. The van der Waals surface area contributed by atoms with Crippen LogP contribution in [0.1, 0.15) is 45.4 Å². The van der Waals surface area contributed by atoms with Crippen LogP contribution in [0.2, 0.25) is 0 Å². The number of ether oxygens (including phenoxy) is 4. The van der Waals surface area contributed by atoms with Crippen molar-refractivity contribution in [3.8, 4) is 0 Å². The lowest BCUT2D eigenvalue weighted by Crippen LogP contribution is -2.63. The summed E-state index contributed by atoms with van der Waals surface area (Å²) in [4.78, 5) is 0. The van der Waals surface area contributed by atoms with E-state index in [2.05, 4.69) is 6.92 Å². The van der Waals surface area contributed by atoms with Crippen LogP contribution in [0.15, 0.2) is 0 Å². The smallest absolute Gasteiger partial charge is 0.186 e. The highest BCUT2D eigenvalue weighted by molar-refractivity contribution is 4.93. The maximum Gasteiger partial charge on any atom is 0.186 e. The molecule has 0 aliphatic carbocycles. The fraction of sp³-hybridized carbons (Fsp3) is 1.00. The van der Waals surface area contributed by atoms with E-state index in [1.54, 1.807) is 0 Å². The highest BCUT2D eigenvalue weighted by Gasteiger charge is 2.47. The minimum absolute atomic E-state index is 0.323. The number of aliphatic hydroxyl groups is 5. The summed E-state index contributed by atoms with van der Waals surface area (Å²) in [5, 5.41) is 50.2. The molecule has 0 aromatic rings. The molecule has 2 rings (SSSR count). The number of hydrogen-bond donors (Lipinski definition) is 6. The van der Waals surface area contributed by atoms with Crippen LogP contribution in [-0.2, 0) is 18.9 Å². The molecule has 7 N–H and O–H groups in total. The zero-order chi connectivity index (χ0) is 23.0. The number of nitrogens with two attached hydrogens (primary N) is 1. The Morgan fingerprint density at radius 3 is 2.03 bits per heavy atom. The highest BCUT2D eigenvalue weighted by atomic mass is 19.1. The Kier molecular flexibility index (Phi) is 11.5. The van der Waals surface area contributed by atoms with Gasteiger partial charge in [0.05, 0.1) is 12.6 Å². The zero-order valence-electron chi connectivity index (χ0n) is 18.0. The third-order valence-electron chi connectivity index (χ3n) is 5.77. The van der Waals surface area contributed by atoms with Gasteiger partial charge in [-0.1, -0.05) is 39.0 Å². The molecule has 2 fully saturated rings. The van der Waals surface area contributed by atoms with Crippen LogP contribution in [0.4, 0.5) is 4.39 Å². The second-order valence-electron chi connectivity index (χ2n) is 8.24. The van der Waals surface area contributed by atoms with Crippen LogP contribution in [0.3, 0.4) is 0 Å². The largest absolute Gasteiger partial charge is 0.388 e. The lowest BCUT2D eigenvalue weighted by atomic mass is 9.97. The van der Waals surface area contributed by atoms with Gasteiger partial charge in [0.15, 0.2) is 12.6 Å². The molecule has 0 radical (unpaired) electrons. The maximum absolute atomic E-state index is 13.0. The zero-order valence-corrected chi connectivity index (χ0v) is 18.0. The first-order chi connectivity index (χ1) is 14.8. The van der Waals surface area contributed by atoms with Gasteiger partial charge in [-0.15, -0.1) is 0 Å². The van der Waals surface area contributed by atoms with Gasteiger partial charge in [-0.25, -0.2) is 4.39 Å². The van der Waals surface area contributed by atoms with E-state index in [-0.39, 0.29) is 6.61 Å². The molecule has 2 heterocycles. The fourth-order valence-corrected chi connectivity index (χ4v) is 3.69. The molecule has 0 saturated carbocycles. The lowest BCUT2D eigenvalue weighted by Gasteiger charge is -2.43. The number of alkyl halides is 1. The minimum Gasteiger partial charge on any atom is -0.388 e. The van der Waals surface area contributed by atoms with Crippen molar-refractivity contribution in [2.45, 2.75) is 107 Å². The van der Waals surface area contributed by atoms with E-state index < -0.39 is 68.0 Å². The minimum atomic E-state index is -1.52. The topological polar surface area (TPSA) is 164 Å². The van der Waals surface area contributed by atoms with Gasteiger partial charge in [0, 0.05) is 6.61 Å². The third-order valence-corrected chi connectivity index (χ3v) is 5.77. The second-order valence-corrected chi connectivity index (χ2v) is 8.24. The first kappa shape index (κ1) is 26.8. The molecule has 10 atom stereocenters. The van der Waals surface area contributed by atoms with E-state index in [1.165, 1.54) is 6.42 Å². The number of hydrogen-bond acceptors (Lipinski definition) is 10. The van der Waals surface area contributed by atoms with E-state index in [4.69, 9.17) is 24.7 Å². The predicted molar refractivity (Wildman–Crippen MR) is 107 cm³/mol. The summed E-state index contributed by atoms with van der Waals surface area (Å²) >= 11 is 0. The van der Waals surface area contributed by atoms with Gasteiger partial charge in [-0.2, -0.15) is 0 Å². The molecule has 2 aliphatic rings. The standard InChI is InChI=1S/C20H38FNO9/c1-2-3-4-5-6-7-8-28-20-18(27)17(26)15(24)12(31-20)10-29-19-13(22)16(25)14(23)11(9-21)30-19/h11-20,23-27H,2-10,22H2,1H3/t11-,12-,13+,14-,15-,16-,17+,18+,19+,20+/m1/s1. The fourth-order valence-electron chi connectivity index (χ4n) is 3.69. The van der Waals surface area contributed by atoms with Gasteiger partial charge in [0.1, 0.15) is 49.4 Å². The van der Waals surface area contributed by atoms with Crippen LogP contribution >= 0.6 is 0 Å². The van der Waals surface area contributed by atoms with Crippen molar-refractivity contribution < 1.29 is 48.9 Å². The number of halogens is 1. The Bertz CT molecular complexity index is 503. The van der Waals surface area contributed by atoms with Gasteiger partial charge in [0.25, 0.3) is 0 Å². The SMILES string of the molecule is CCCCCCCCO[C@H]1O[C@H](CO[C@H]2O[C@H](CF)[C@@H](O)[C@H](O)[C@@H]2N)[C@@H](O)[C@H](O)[C@@H]1O. The van der Waals surface area contributed by atoms with Crippen molar-refractivity contribution in [3.05, 3.63) is 0 Å². The van der Waals surface area contributed by atoms with Crippen LogP contribution in [0.5, 0.6) is 0 Å². The van der Waals surface area contributed by atoms with E-state index in [9.17, 15) is 29.9 Å². The summed E-state index contributed by atoms with van der Waals surface area (Å²) in [5.74, 6) is 0. The molecule has 184 valence electrons. The predicted octanol–water partition coefficient (Wildman–Crippen LogP) is -1.07. The van der Waals surface area contributed by atoms with Crippen LogP contribution in [-0.4, -0.2) is 107 Å². The molecule has 2 aliphatic heterocycles. The molecule has 0 aromatic carbocycles. The third kappa shape index (κ3) is 7.26. The quantitative estimate of drug-likeness (QED) is 0.200. The molecular formula is C20H38FNO9. The van der Waals surface area contributed by atoms with Gasteiger partial charge >= 0.3 is 0 Å². The first-order valence-electron chi connectivity index (χ1n) is 11.1. The van der Waals surface area contributed by atoms with E-state index in [1.807, 2.05) is 0 Å². The van der Waals surface area contributed by atoms with Crippen molar-refractivity contribution in [3.63, 3.8) is 0 Å². The summed E-state index contributed by atoms with van der Waals surface area (Å²) in [6, 6.07) is -1.16. The summed E-state index contributed by atoms with van der Waals surface area (Å²) in [6.07, 6.45) is -5.87. The second kappa shape index (κ2) is 13.3. The molecule has 0 amide bonds. The number of rotatable bonds is 12. The van der Waals surface area contributed by atoms with Gasteiger partial charge < -0.3 is 50.2 Å². The van der Waals surface area contributed by atoms with Crippen LogP contribution < -0.4 is 5.73 Å². The van der Waals surface area contributed by atoms with Crippen molar-refractivity contribution in [2.75, 3.05) is 19.9 Å². The molecule has 0 unspecified atom stereocenters. The molecule has 31 heavy (non-hydrogen) atoms. The van der Waals surface area contributed by atoms with Crippen LogP contribution in [0, 0.1) is 0 Å². The van der Waals surface area contributed by atoms with E-state index in [0.717, 1.165) is 32.1 Å². The average Bonchev–Trinajstić information content (AvgIpc) is 2.77. The van der Waals surface area contributed by atoms with E-state index >= 15 is 0 Å². The summed E-state index contributed by atoms with van der Waals surface area (Å²) in [5.41, 5.74) is 5.78. The van der Waals surface area contributed by atoms with Gasteiger partial charge in [-0.3, -0.25) is 0 Å². The molecule has 10 nitrogen and oxygen atoms in total. The first-order valence-corrected chi connectivity index (χ1v) is 11.1. The molecule has 2 saturated heterocycles. The molecule has 0 spiro atoms. The van der Waals surface area contributed by atoms with Crippen molar-refractivity contribution in [1.29, 1.82) is 0 Å². The highest BCUT2D eigenvalue weighted by Crippen LogP contribution is 2.25. The Hall–Kier alpha value is -0.470. The molecule has 11 heteroatoms. The molecule has 0 bridgehead atoms. The Morgan fingerprint density at radius 1 is 0.742 bits per heavy atom. The average molecular weight is 456 g/mol. The number of aliphatic hydroxyl groups excluding tert-OH is 5. The summed E-state index contributed by atoms with van der Waals surface area (Å²) in [7, 11) is 0.